The van der Waals surface area contributed by atoms with Crippen LogP contribution in [0, 0.1) is 11.3 Å². The molecule has 0 N–H and O–H groups in total. The van der Waals surface area contributed by atoms with Gasteiger partial charge < -0.3 is 9.47 Å². The molecule has 96 valence electrons. The lowest BCUT2D eigenvalue weighted by atomic mass is 10.2. The van der Waals surface area contributed by atoms with E-state index >= 15 is 0 Å². The third-order valence-corrected chi connectivity index (χ3v) is 3.40. The number of rotatable bonds is 3. The molecule has 0 spiro atoms. The van der Waals surface area contributed by atoms with E-state index in [4.69, 9.17) is 26.3 Å². The lowest BCUT2D eigenvalue weighted by Gasteiger charge is -2.08. The summed E-state index contributed by atoms with van der Waals surface area (Å²) in [6.45, 7) is 0. The van der Waals surface area contributed by atoms with Gasteiger partial charge in [-0.15, -0.1) is 0 Å². The van der Waals surface area contributed by atoms with Crippen LogP contribution in [-0.4, -0.2) is 17.1 Å². The minimum absolute atomic E-state index is 0.244. The fourth-order valence-corrected chi connectivity index (χ4v) is 1.74. The van der Waals surface area contributed by atoms with Crippen LogP contribution in [0.3, 0.4) is 0 Å². The predicted octanol–water partition coefficient (Wildman–Crippen LogP) is 3.57. The van der Waals surface area contributed by atoms with E-state index in [-0.39, 0.29) is 11.0 Å². The van der Waals surface area contributed by atoms with Crippen LogP contribution in [0.2, 0.25) is 5.15 Å². The molecular formula is C12H7BrClN3O2. The summed E-state index contributed by atoms with van der Waals surface area (Å²) in [5.74, 6) is 1.20. The van der Waals surface area contributed by atoms with Gasteiger partial charge in [0.15, 0.2) is 5.15 Å². The highest BCUT2D eigenvalue weighted by molar-refractivity contribution is 9.10. The number of methoxy groups -OCH3 is 1. The first-order valence-electron chi connectivity index (χ1n) is 5.07. The van der Waals surface area contributed by atoms with Crippen LogP contribution in [0.1, 0.15) is 5.56 Å². The molecule has 1 aromatic carbocycles. The molecule has 0 aliphatic heterocycles. The Kier molecular flexibility index (Phi) is 4.20. The quantitative estimate of drug-likeness (QED) is 0.799. The summed E-state index contributed by atoms with van der Waals surface area (Å²) >= 11 is 9.07. The third kappa shape index (κ3) is 3.13. The zero-order valence-electron chi connectivity index (χ0n) is 9.72. The van der Waals surface area contributed by atoms with Gasteiger partial charge in [-0.1, -0.05) is 11.6 Å². The van der Waals surface area contributed by atoms with Crippen molar-refractivity contribution in [1.82, 2.24) is 9.97 Å². The Morgan fingerprint density at radius 3 is 2.68 bits per heavy atom. The minimum Gasteiger partial charge on any atom is -0.497 e. The van der Waals surface area contributed by atoms with Crippen LogP contribution < -0.4 is 9.47 Å². The average Bonchev–Trinajstić information content (AvgIpc) is 2.43. The van der Waals surface area contributed by atoms with E-state index in [2.05, 4.69) is 25.9 Å². The van der Waals surface area contributed by atoms with Gasteiger partial charge in [-0.25, -0.2) is 9.97 Å². The van der Waals surface area contributed by atoms with Gasteiger partial charge in [0.25, 0.3) is 0 Å². The molecular weight excluding hydrogens is 334 g/mol. The van der Waals surface area contributed by atoms with Crippen molar-refractivity contribution in [3.8, 4) is 23.4 Å². The maximum Gasteiger partial charge on any atom is 0.238 e. The number of ether oxygens (including phenoxy) is 2. The molecule has 0 amide bonds. The largest absolute Gasteiger partial charge is 0.497 e. The van der Waals surface area contributed by atoms with Crippen molar-refractivity contribution in [3.63, 3.8) is 0 Å². The first kappa shape index (κ1) is 13.6. The van der Waals surface area contributed by atoms with Gasteiger partial charge in [0, 0.05) is 6.07 Å². The summed E-state index contributed by atoms with van der Waals surface area (Å²) in [6.07, 6.45) is 1.29. The van der Waals surface area contributed by atoms with E-state index in [1.165, 1.54) is 13.4 Å². The molecule has 1 aromatic heterocycles. The SMILES string of the molecule is COc1cc(C#N)cc(Oc2ncnc(Cl)c2Br)c1. The molecule has 0 bridgehead atoms. The van der Waals surface area contributed by atoms with E-state index < -0.39 is 0 Å². The molecule has 0 aliphatic carbocycles. The van der Waals surface area contributed by atoms with Gasteiger partial charge >= 0.3 is 0 Å². The van der Waals surface area contributed by atoms with Crippen LogP contribution in [0.5, 0.6) is 17.4 Å². The van der Waals surface area contributed by atoms with Crippen LogP contribution in [0.25, 0.3) is 0 Å². The smallest absolute Gasteiger partial charge is 0.238 e. The minimum atomic E-state index is 0.244. The highest BCUT2D eigenvalue weighted by atomic mass is 79.9. The number of benzene rings is 1. The normalized spacial score (nSPS) is 9.79. The van der Waals surface area contributed by atoms with Gasteiger partial charge in [-0.3, -0.25) is 0 Å². The van der Waals surface area contributed by atoms with Gasteiger partial charge in [-0.05, 0) is 28.1 Å². The maximum absolute atomic E-state index is 8.93. The maximum atomic E-state index is 8.93. The topological polar surface area (TPSA) is 68.0 Å². The summed E-state index contributed by atoms with van der Waals surface area (Å²) in [5, 5.41) is 9.17. The summed E-state index contributed by atoms with van der Waals surface area (Å²) < 4.78 is 11.1. The Morgan fingerprint density at radius 2 is 2.00 bits per heavy atom. The Labute approximate surface area is 122 Å². The summed E-state index contributed by atoms with van der Waals surface area (Å²) in [7, 11) is 1.51. The predicted molar refractivity (Wildman–Crippen MR) is 72.5 cm³/mol. The summed E-state index contributed by atoms with van der Waals surface area (Å²) in [6, 6.07) is 6.85. The lowest BCUT2D eigenvalue weighted by Crippen LogP contribution is -1.93. The van der Waals surface area contributed by atoms with Crippen LogP contribution >= 0.6 is 27.5 Å². The average molecular weight is 341 g/mol. The van der Waals surface area contributed by atoms with Crippen LogP contribution in [0.15, 0.2) is 29.0 Å². The van der Waals surface area contributed by atoms with Crippen molar-refractivity contribution in [2.24, 2.45) is 0 Å². The number of nitriles is 1. The van der Waals surface area contributed by atoms with Crippen molar-refractivity contribution in [2.45, 2.75) is 0 Å². The molecule has 0 radical (unpaired) electrons. The Hall–Kier alpha value is -1.84. The number of hydrogen-bond donors (Lipinski definition) is 0. The molecule has 0 atom stereocenters. The first-order valence-corrected chi connectivity index (χ1v) is 6.24. The number of halogens is 2. The van der Waals surface area contributed by atoms with E-state index in [1.54, 1.807) is 18.2 Å². The van der Waals surface area contributed by atoms with Crippen molar-refractivity contribution in [3.05, 3.63) is 39.7 Å². The standard InChI is InChI=1S/C12H7BrClN3O2/c1-18-8-2-7(5-15)3-9(4-8)19-12-10(13)11(14)16-6-17-12/h2-4,6H,1H3. The monoisotopic (exact) mass is 339 g/mol. The molecule has 19 heavy (non-hydrogen) atoms. The zero-order valence-corrected chi connectivity index (χ0v) is 12.1. The second kappa shape index (κ2) is 5.87. The third-order valence-electron chi connectivity index (χ3n) is 2.17. The van der Waals surface area contributed by atoms with Crippen molar-refractivity contribution in [1.29, 1.82) is 5.26 Å². The second-order valence-electron chi connectivity index (χ2n) is 3.39. The molecule has 0 saturated carbocycles. The molecule has 5 nitrogen and oxygen atoms in total. The first-order chi connectivity index (χ1) is 9.13. The summed E-state index contributed by atoms with van der Waals surface area (Å²) in [5.41, 5.74) is 0.422. The second-order valence-corrected chi connectivity index (χ2v) is 4.55. The highest BCUT2D eigenvalue weighted by Gasteiger charge is 2.10. The van der Waals surface area contributed by atoms with Gasteiger partial charge in [0.05, 0.1) is 18.7 Å². The fraction of sp³-hybridized carbons (Fsp3) is 0.0833. The highest BCUT2D eigenvalue weighted by Crippen LogP contribution is 2.33. The van der Waals surface area contributed by atoms with E-state index in [1.807, 2.05) is 6.07 Å². The Balaban J connectivity index is 2.38. The van der Waals surface area contributed by atoms with Crippen molar-refractivity contribution < 1.29 is 9.47 Å². The number of nitrogens with zero attached hydrogens (tertiary/aromatic N) is 3. The number of aromatic nitrogens is 2. The molecule has 2 aromatic rings. The van der Waals surface area contributed by atoms with Crippen LogP contribution in [0.4, 0.5) is 0 Å². The molecule has 0 saturated heterocycles. The zero-order chi connectivity index (χ0) is 13.8. The summed E-state index contributed by atoms with van der Waals surface area (Å²) in [4.78, 5) is 7.76. The van der Waals surface area contributed by atoms with Gasteiger partial charge in [0.2, 0.25) is 5.88 Å². The Bertz CT molecular complexity index is 658. The fourth-order valence-electron chi connectivity index (χ4n) is 1.33. The molecule has 0 unspecified atom stereocenters. The van der Waals surface area contributed by atoms with Crippen molar-refractivity contribution in [2.75, 3.05) is 7.11 Å². The van der Waals surface area contributed by atoms with E-state index in [0.29, 0.717) is 21.5 Å². The van der Waals surface area contributed by atoms with Crippen LogP contribution in [-0.2, 0) is 0 Å². The molecule has 0 fully saturated rings. The van der Waals surface area contributed by atoms with E-state index in [9.17, 15) is 0 Å². The molecule has 0 aliphatic rings. The van der Waals surface area contributed by atoms with Gasteiger partial charge in [-0.2, -0.15) is 5.26 Å². The van der Waals surface area contributed by atoms with Crippen molar-refractivity contribution >= 4 is 27.5 Å². The Morgan fingerprint density at radius 1 is 1.26 bits per heavy atom. The molecule has 1 heterocycles. The lowest BCUT2D eigenvalue weighted by molar-refractivity contribution is 0.406. The molecule has 2 rings (SSSR count). The molecule has 7 heteroatoms. The number of hydrogen-bond acceptors (Lipinski definition) is 5. The van der Waals surface area contributed by atoms with E-state index in [0.717, 1.165) is 0 Å². The van der Waals surface area contributed by atoms with Gasteiger partial charge in [0.1, 0.15) is 22.3 Å².